The van der Waals surface area contributed by atoms with Gasteiger partial charge in [-0.25, -0.2) is 0 Å². The van der Waals surface area contributed by atoms with Crippen molar-refractivity contribution in [2.45, 2.75) is 12.4 Å². The van der Waals surface area contributed by atoms with E-state index in [2.05, 4.69) is 53.3 Å². The van der Waals surface area contributed by atoms with Crippen LogP contribution in [0.1, 0.15) is 11.1 Å². The standard InChI is InChI=1S/C13H10.C2H4O3/c1-3-7-12-10(5-1)9-11-6-2-4-8-13(11)12;3-2(4)1-5-2/h1-8H,9H2;3-4H,1H2. The van der Waals surface area contributed by atoms with E-state index in [9.17, 15) is 0 Å². The molecule has 1 aliphatic carbocycles. The first-order chi connectivity index (χ1) is 8.66. The van der Waals surface area contributed by atoms with Crippen LogP contribution in [0.2, 0.25) is 0 Å². The van der Waals surface area contributed by atoms with Crippen molar-refractivity contribution < 1.29 is 14.9 Å². The van der Waals surface area contributed by atoms with Crippen molar-refractivity contribution in [3.05, 3.63) is 59.7 Å². The molecule has 1 heterocycles. The van der Waals surface area contributed by atoms with Gasteiger partial charge in [0.1, 0.15) is 6.61 Å². The van der Waals surface area contributed by atoms with Gasteiger partial charge in [-0.2, -0.15) is 0 Å². The molecule has 2 aliphatic rings. The molecule has 0 bridgehead atoms. The van der Waals surface area contributed by atoms with E-state index in [1.807, 2.05) is 0 Å². The number of hydrogen-bond acceptors (Lipinski definition) is 3. The first-order valence-corrected chi connectivity index (χ1v) is 5.91. The Morgan fingerprint density at radius 3 is 1.61 bits per heavy atom. The van der Waals surface area contributed by atoms with Gasteiger partial charge >= 0.3 is 5.97 Å². The van der Waals surface area contributed by atoms with Crippen molar-refractivity contribution in [3.8, 4) is 11.1 Å². The van der Waals surface area contributed by atoms with Crippen LogP contribution in [0.4, 0.5) is 0 Å². The largest absolute Gasteiger partial charge is 0.342 e. The average molecular weight is 242 g/mol. The summed E-state index contributed by atoms with van der Waals surface area (Å²) in [5.41, 5.74) is 5.75. The first kappa shape index (κ1) is 11.4. The van der Waals surface area contributed by atoms with Gasteiger partial charge in [0, 0.05) is 0 Å². The van der Waals surface area contributed by atoms with E-state index in [1.54, 1.807) is 0 Å². The highest BCUT2D eigenvalue weighted by atomic mass is 16.8. The van der Waals surface area contributed by atoms with Crippen LogP contribution in [-0.2, 0) is 11.2 Å². The monoisotopic (exact) mass is 242 g/mol. The second kappa shape index (κ2) is 4.21. The maximum Gasteiger partial charge on any atom is 0.303 e. The van der Waals surface area contributed by atoms with Crippen molar-refractivity contribution in [2.24, 2.45) is 0 Å². The van der Waals surface area contributed by atoms with E-state index in [-0.39, 0.29) is 6.61 Å². The first-order valence-electron chi connectivity index (χ1n) is 5.91. The molecule has 1 fully saturated rings. The molecule has 0 atom stereocenters. The summed E-state index contributed by atoms with van der Waals surface area (Å²) in [4.78, 5) is 0. The smallest absolute Gasteiger partial charge is 0.303 e. The highest BCUT2D eigenvalue weighted by molar-refractivity contribution is 5.76. The van der Waals surface area contributed by atoms with Gasteiger partial charge < -0.3 is 14.9 Å². The molecule has 2 aromatic carbocycles. The molecule has 0 spiro atoms. The Balaban J connectivity index is 0.000000169. The molecule has 0 radical (unpaired) electrons. The predicted molar refractivity (Wildman–Crippen MR) is 67.8 cm³/mol. The number of ether oxygens (including phenoxy) is 1. The van der Waals surface area contributed by atoms with Crippen LogP contribution < -0.4 is 0 Å². The van der Waals surface area contributed by atoms with Crippen LogP contribution in [0, 0.1) is 0 Å². The molecule has 1 aliphatic heterocycles. The lowest BCUT2D eigenvalue weighted by Crippen LogP contribution is -2.04. The SMILES string of the molecule is OC1(O)CO1.c1ccc2c(c1)Cc1ccccc1-2. The van der Waals surface area contributed by atoms with Gasteiger partial charge in [-0.1, -0.05) is 48.5 Å². The summed E-state index contributed by atoms with van der Waals surface area (Å²) >= 11 is 0. The number of hydrogen-bond donors (Lipinski definition) is 2. The van der Waals surface area contributed by atoms with Crippen LogP contribution in [0.25, 0.3) is 11.1 Å². The second-order valence-electron chi connectivity index (χ2n) is 4.52. The molecular formula is C15H14O3. The van der Waals surface area contributed by atoms with Crippen molar-refractivity contribution in [3.63, 3.8) is 0 Å². The summed E-state index contributed by atoms with van der Waals surface area (Å²) in [5.74, 6) is -1.75. The van der Waals surface area contributed by atoms with Crippen molar-refractivity contribution in [2.75, 3.05) is 6.61 Å². The van der Waals surface area contributed by atoms with Crippen molar-refractivity contribution >= 4 is 0 Å². The van der Waals surface area contributed by atoms with E-state index in [1.165, 1.54) is 22.3 Å². The predicted octanol–water partition coefficient (Wildman–Crippen LogP) is 1.91. The lowest BCUT2D eigenvalue weighted by Gasteiger charge is -1.98. The summed E-state index contributed by atoms with van der Waals surface area (Å²) < 4.78 is 4.01. The third-order valence-electron chi connectivity index (χ3n) is 3.11. The van der Waals surface area contributed by atoms with Gasteiger partial charge in [0.05, 0.1) is 0 Å². The zero-order valence-corrected chi connectivity index (χ0v) is 9.84. The number of benzene rings is 2. The number of aliphatic hydroxyl groups is 2. The van der Waals surface area contributed by atoms with E-state index in [0.717, 1.165) is 6.42 Å². The van der Waals surface area contributed by atoms with Gasteiger partial charge in [0.15, 0.2) is 0 Å². The number of epoxide rings is 1. The van der Waals surface area contributed by atoms with Crippen molar-refractivity contribution in [1.82, 2.24) is 0 Å². The summed E-state index contributed by atoms with van der Waals surface area (Å²) in [6.07, 6.45) is 1.10. The van der Waals surface area contributed by atoms with E-state index in [0.29, 0.717) is 0 Å². The molecule has 4 rings (SSSR count). The van der Waals surface area contributed by atoms with Gasteiger partial charge in [-0.05, 0) is 28.7 Å². The molecule has 1 saturated heterocycles. The Labute approximate surface area is 105 Å². The molecule has 3 nitrogen and oxygen atoms in total. The Bertz CT molecular complexity index is 526. The summed E-state index contributed by atoms with van der Waals surface area (Å²) in [5, 5.41) is 15.9. The van der Waals surface area contributed by atoms with E-state index in [4.69, 9.17) is 10.2 Å². The molecule has 18 heavy (non-hydrogen) atoms. The molecule has 0 amide bonds. The third-order valence-corrected chi connectivity index (χ3v) is 3.11. The van der Waals surface area contributed by atoms with Crippen LogP contribution in [-0.4, -0.2) is 22.8 Å². The molecule has 92 valence electrons. The highest BCUT2D eigenvalue weighted by Crippen LogP contribution is 2.35. The highest BCUT2D eigenvalue weighted by Gasteiger charge is 2.39. The molecule has 2 aromatic rings. The Hall–Kier alpha value is -1.68. The lowest BCUT2D eigenvalue weighted by molar-refractivity contribution is -0.148. The van der Waals surface area contributed by atoms with E-state index < -0.39 is 5.97 Å². The topological polar surface area (TPSA) is 53.0 Å². The molecule has 3 heteroatoms. The number of rotatable bonds is 0. The van der Waals surface area contributed by atoms with E-state index >= 15 is 0 Å². The quantitative estimate of drug-likeness (QED) is 0.467. The van der Waals surface area contributed by atoms with Crippen LogP contribution in [0.3, 0.4) is 0 Å². The fourth-order valence-corrected chi connectivity index (χ4v) is 2.14. The minimum absolute atomic E-state index is 0.0625. The zero-order valence-electron chi connectivity index (χ0n) is 9.84. The lowest BCUT2D eigenvalue weighted by atomic mass is 10.1. The summed E-state index contributed by atoms with van der Waals surface area (Å²) in [6, 6.07) is 17.3. The van der Waals surface area contributed by atoms with Gasteiger partial charge in [-0.15, -0.1) is 0 Å². The van der Waals surface area contributed by atoms with Gasteiger partial charge in [0.2, 0.25) is 0 Å². The Morgan fingerprint density at radius 2 is 1.22 bits per heavy atom. The molecule has 2 N–H and O–H groups in total. The number of fused-ring (bicyclic) bond motifs is 3. The van der Waals surface area contributed by atoms with Gasteiger partial charge in [0.25, 0.3) is 0 Å². The molecule has 0 unspecified atom stereocenters. The fourth-order valence-electron chi connectivity index (χ4n) is 2.14. The average Bonchev–Trinajstić information content (AvgIpc) is 2.94. The minimum Gasteiger partial charge on any atom is -0.342 e. The second-order valence-corrected chi connectivity index (χ2v) is 4.52. The maximum atomic E-state index is 7.97. The van der Waals surface area contributed by atoms with Crippen molar-refractivity contribution in [1.29, 1.82) is 0 Å². The molecular weight excluding hydrogens is 228 g/mol. The van der Waals surface area contributed by atoms with Crippen LogP contribution in [0.15, 0.2) is 48.5 Å². The normalized spacial score (nSPS) is 17.2. The zero-order chi connectivity index (χ0) is 12.6. The maximum absolute atomic E-state index is 7.97. The third kappa shape index (κ3) is 2.29. The summed E-state index contributed by atoms with van der Waals surface area (Å²) in [7, 11) is 0. The van der Waals surface area contributed by atoms with Gasteiger partial charge in [-0.3, -0.25) is 0 Å². The summed E-state index contributed by atoms with van der Waals surface area (Å²) in [6.45, 7) is 0.0625. The minimum atomic E-state index is -1.75. The Kier molecular flexibility index (Phi) is 2.67. The fraction of sp³-hybridized carbons (Fsp3) is 0.200. The molecule has 0 aromatic heterocycles. The Morgan fingerprint density at radius 1 is 0.833 bits per heavy atom. The molecule has 0 saturated carbocycles. The van der Waals surface area contributed by atoms with Crippen LogP contribution in [0.5, 0.6) is 0 Å². The van der Waals surface area contributed by atoms with Crippen LogP contribution >= 0.6 is 0 Å².